The Morgan fingerprint density at radius 1 is 0.391 bits per heavy atom. The number of nitrogen functional groups attached to an aromatic ring is 4. The third kappa shape index (κ3) is 13.4. The highest BCUT2D eigenvalue weighted by atomic mass is 16.5. The van der Waals surface area contributed by atoms with Crippen molar-refractivity contribution >= 4 is 57.9 Å². The van der Waals surface area contributed by atoms with Gasteiger partial charge >= 0.3 is 11.9 Å². The number of amides is 2. The van der Waals surface area contributed by atoms with Crippen LogP contribution < -0.4 is 53.1 Å². The molecule has 0 aliphatic rings. The number of nitrogens with one attached hydrogen (secondary N) is 3. The zero-order valence-electron chi connectivity index (χ0n) is 34.6. The lowest BCUT2D eigenvalue weighted by Crippen LogP contribution is -2.24. The quantitative estimate of drug-likeness (QED) is 0.0519. The first kappa shape index (κ1) is 45.9. The van der Waals surface area contributed by atoms with Crippen LogP contribution in [0.15, 0.2) is 158 Å². The minimum absolute atomic E-state index is 0.335. The molecule has 0 spiro atoms. The summed E-state index contributed by atoms with van der Waals surface area (Å²) in [5, 5.41) is 26.7. The molecule has 0 atom stereocenters. The van der Waals surface area contributed by atoms with Gasteiger partial charge < -0.3 is 63.3 Å². The molecule has 0 fully saturated rings. The number of carboxylic acid groups (broad SMARTS) is 2. The third-order valence-electron chi connectivity index (χ3n) is 8.82. The van der Waals surface area contributed by atoms with Gasteiger partial charge in [-0.25, -0.2) is 9.59 Å². The maximum absolute atomic E-state index is 12.8. The number of hydrogen-bond acceptors (Lipinski definition) is 12. The molecule has 0 bridgehead atoms. The molecule has 0 aromatic heterocycles. The van der Waals surface area contributed by atoms with E-state index in [2.05, 4.69) is 16.0 Å². The highest BCUT2D eigenvalue weighted by molar-refractivity contribution is 6.14. The van der Waals surface area contributed by atoms with Gasteiger partial charge in [-0.1, -0.05) is 0 Å². The largest absolute Gasteiger partial charge is 0.478 e. The lowest BCUT2D eigenvalue weighted by atomic mass is 9.97. The topological polar surface area (TPSA) is 277 Å². The lowest BCUT2D eigenvalue weighted by Gasteiger charge is -2.13. The van der Waals surface area contributed by atoms with Crippen molar-refractivity contribution in [3.63, 3.8) is 0 Å². The first-order valence-corrected chi connectivity index (χ1v) is 19.2. The number of carbonyl (C=O) groups excluding carboxylic acids is 2. The van der Waals surface area contributed by atoms with Gasteiger partial charge in [0.05, 0.1) is 22.3 Å². The molecular formula is C48H45N7O9. The fraction of sp³-hybridized carbons (Fsp3) is 0.0417. The average molecular weight is 864 g/mol. The van der Waals surface area contributed by atoms with E-state index in [1.54, 1.807) is 84.9 Å². The predicted molar refractivity (Wildman–Crippen MR) is 248 cm³/mol. The van der Waals surface area contributed by atoms with Crippen LogP contribution >= 0.6 is 0 Å². The van der Waals surface area contributed by atoms with Crippen molar-refractivity contribution in [3.05, 3.63) is 180 Å². The number of ether oxygens (including phenoxy) is 3. The van der Waals surface area contributed by atoms with Crippen molar-refractivity contribution in [3.8, 4) is 34.5 Å². The maximum atomic E-state index is 12.8. The first-order chi connectivity index (χ1) is 30.7. The number of anilines is 6. The predicted octanol–water partition coefficient (Wildman–Crippen LogP) is 8.82. The average Bonchev–Trinajstić information content (AvgIpc) is 3.30. The van der Waals surface area contributed by atoms with E-state index in [0.29, 0.717) is 17.2 Å². The van der Waals surface area contributed by atoms with Crippen LogP contribution in [0.4, 0.5) is 34.1 Å². The van der Waals surface area contributed by atoms with Gasteiger partial charge in [0.15, 0.2) is 0 Å². The number of aromatic carboxylic acids is 2. The Bertz CT molecular complexity index is 2500. The van der Waals surface area contributed by atoms with Crippen LogP contribution in [0.3, 0.4) is 0 Å². The molecule has 0 aliphatic carbocycles. The zero-order valence-corrected chi connectivity index (χ0v) is 34.6. The molecule has 2 amide bonds. The summed E-state index contributed by atoms with van der Waals surface area (Å²) in [5.41, 5.74) is 24.7. The Kier molecular flexibility index (Phi) is 15.7. The molecule has 0 unspecified atom stereocenters. The minimum Gasteiger partial charge on any atom is -0.478 e. The van der Waals surface area contributed by atoms with E-state index in [9.17, 15) is 29.4 Å². The summed E-state index contributed by atoms with van der Waals surface area (Å²) in [4.78, 5) is 48.1. The third-order valence-corrected chi connectivity index (χ3v) is 8.82. The van der Waals surface area contributed by atoms with Gasteiger partial charge in [-0.15, -0.1) is 0 Å². The lowest BCUT2D eigenvalue weighted by molar-refractivity contribution is 0.0689. The number of hydrogen-bond donors (Lipinski definition) is 9. The maximum Gasteiger partial charge on any atom is 0.336 e. The van der Waals surface area contributed by atoms with E-state index in [0.717, 1.165) is 63.6 Å². The monoisotopic (exact) mass is 863 g/mol. The molecule has 16 heteroatoms. The highest BCUT2D eigenvalue weighted by Crippen LogP contribution is 2.27. The molecule has 326 valence electrons. The van der Waals surface area contributed by atoms with E-state index < -0.39 is 34.9 Å². The summed E-state index contributed by atoms with van der Waals surface area (Å²) in [6, 6.07) is 44.4. The number of benzene rings is 7. The molecule has 64 heavy (non-hydrogen) atoms. The van der Waals surface area contributed by atoms with E-state index in [-0.39, 0.29) is 11.1 Å². The normalized spacial score (nSPS) is 10.0. The van der Waals surface area contributed by atoms with Gasteiger partial charge in [0.1, 0.15) is 34.5 Å². The van der Waals surface area contributed by atoms with Gasteiger partial charge in [0.25, 0.3) is 11.8 Å². The van der Waals surface area contributed by atoms with Crippen molar-refractivity contribution in [1.29, 1.82) is 0 Å². The Balaban J connectivity index is 0.000000210. The molecule has 7 aromatic rings. The number of carboxylic acids is 2. The van der Waals surface area contributed by atoms with Crippen LogP contribution in [-0.4, -0.2) is 48.1 Å². The van der Waals surface area contributed by atoms with E-state index in [1.807, 2.05) is 67.7 Å². The van der Waals surface area contributed by atoms with Crippen LogP contribution in [0.2, 0.25) is 0 Å². The standard InChI is InChI=1S/C24H21N3O7.2C12H12N2O/c1-25-13-3-7-15(8-4-13)34-16-9-5-14(6-10-16)27-22(29)18-11-17(21(28)26-2)19(23(30)31)12-20(18)24(32)33;2*13-9-1-5-11(6-2-9)15-12-7-3-10(14)4-8-12/h3-12,25H,1-2H3,(H,26,28)(H,27,29)(H,30,31)(H,32,33);2*1-8H,13-14H2. The fourth-order valence-corrected chi connectivity index (χ4v) is 5.51. The summed E-state index contributed by atoms with van der Waals surface area (Å²) in [7, 11) is 3.10. The van der Waals surface area contributed by atoms with Gasteiger partial charge in [-0.3, -0.25) is 9.59 Å². The van der Waals surface area contributed by atoms with Crippen LogP contribution in [0.25, 0.3) is 0 Å². The molecule has 7 aromatic carbocycles. The summed E-state index contributed by atoms with van der Waals surface area (Å²) < 4.78 is 16.9. The van der Waals surface area contributed by atoms with Gasteiger partial charge in [0, 0.05) is 48.2 Å². The number of rotatable bonds is 12. The van der Waals surface area contributed by atoms with E-state index >= 15 is 0 Å². The Labute approximate surface area is 368 Å². The fourth-order valence-electron chi connectivity index (χ4n) is 5.51. The van der Waals surface area contributed by atoms with Gasteiger partial charge in [-0.05, 0) is 158 Å². The molecule has 0 radical (unpaired) electrons. The summed E-state index contributed by atoms with van der Waals surface area (Å²) >= 11 is 0. The second kappa shape index (κ2) is 21.9. The zero-order chi connectivity index (χ0) is 46.2. The number of carbonyl (C=O) groups is 4. The Morgan fingerprint density at radius 2 is 0.656 bits per heavy atom. The SMILES string of the molecule is CNC(=O)c1cc(C(=O)Nc2ccc(Oc3ccc(NC)cc3)cc2)c(C(=O)O)cc1C(=O)O.Nc1ccc(Oc2ccc(N)cc2)cc1.Nc1ccc(Oc2ccc(N)cc2)cc1. The molecule has 0 aliphatic heterocycles. The number of nitrogens with two attached hydrogens (primary N) is 4. The molecule has 0 heterocycles. The molecule has 0 saturated heterocycles. The molecule has 0 saturated carbocycles. The van der Waals surface area contributed by atoms with E-state index in [4.69, 9.17) is 37.1 Å². The highest BCUT2D eigenvalue weighted by Gasteiger charge is 2.25. The van der Waals surface area contributed by atoms with Crippen LogP contribution in [0.1, 0.15) is 41.4 Å². The first-order valence-electron chi connectivity index (χ1n) is 19.2. The smallest absolute Gasteiger partial charge is 0.336 e. The summed E-state index contributed by atoms with van der Waals surface area (Å²) in [5.74, 6) is -0.445. The van der Waals surface area contributed by atoms with Crippen LogP contribution in [-0.2, 0) is 0 Å². The molecule has 7 rings (SSSR count). The second-order valence-electron chi connectivity index (χ2n) is 13.5. The van der Waals surface area contributed by atoms with Crippen LogP contribution in [0.5, 0.6) is 34.5 Å². The molecule has 13 N–H and O–H groups in total. The van der Waals surface area contributed by atoms with Crippen molar-refractivity contribution < 1.29 is 43.6 Å². The Hall–Kier alpha value is -9.18. The van der Waals surface area contributed by atoms with Crippen molar-refractivity contribution in [2.75, 3.05) is 47.7 Å². The van der Waals surface area contributed by atoms with Gasteiger partial charge in [-0.2, -0.15) is 0 Å². The van der Waals surface area contributed by atoms with Crippen molar-refractivity contribution in [1.82, 2.24) is 5.32 Å². The minimum atomic E-state index is -1.51. The summed E-state index contributed by atoms with van der Waals surface area (Å²) in [6.07, 6.45) is 0. The van der Waals surface area contributed by atoms with Crippen molar-refractivity contribution in [2.24, 2.45) is 0 Å². The van der Waals surface area contributed by atoms with Crippen molar-refractivity contribution in [2.45, 2.75) is 0 Å². The van der Waals surface area contributed by atoms with Gasteiger partial charge in [0.2, 0.25) is 0 Å². The summed E-state index contributed by atoms with van der Waals surface area (Å²) in [6.45, 7) is 0. The van der Waals surface area contributed by atoms with Crippen LogP contribution in [0, 0.1) is 0 Å². The Morgan fingerprint density at radius 3 is 0.938 bits per heavy atom. The molecule has 16 nitrogen and oxygen atoms in total. The molecular weight excluding hydrogens is 819 g/mol. The second-order valence-corrected chi connectivity index (χ2v) is 13.5. The van der Waals surface area contributed by atoms with E-state index in [1.165, 1.54) is 7.05 Å².